The Morgan fingerprint density at radius 3 is 3.06 bits per heavy atom. The summed E-state index contributed by atoms with van der Waals surface area (Å²) in [4.78, 5) is 29.7. The number of hydrogen-bond acceptors (Lipinski definition) is 3. The van der Waals surface area contributed by atoms with Crippen LogP contribution in [0.25, 0.3) is 10.4 Å². The number of azide groups is 1. The van der Waals surface area contributed by atoms with Crippen molar-refractivity contribution < 1.29 is 4.79 Å². The van der Waals surface area contributed by atoms with Crippen LogP contribution in [0.15, 0.2) is 28.1 Å². The first kappa shape index (κ1) is 11.2. The molecule has 0 spiro atoms. The first-order valence-electron chi connectivity index (χ1n) is 5.21. The lowest BCUT2D eigenvalue weighted by molar-refractivity contribution is -0.117. The van der Waals surface area contributed by atoms with E-state index in [0.29, 0.717) is 25.3 Å². The molecule has 2 rings (SSSR count). The maximum Gasteiger partial charge on any atom is 0.249 e. The fourth-order valence-electron chi connectivity index (χ4n) is 1.88. The van der Waals surface area contributed by atoms with E-state index in [0.717, 1.165) is 0 Å². The van der Waals surface area contributed by atoms with Gasteiger partial charge < -0.3 is 4.98 Å². The highest BCUT2D eigenvalue weighted by Crippen LogP contribution is 2.22. The van der Waals surface area contributed by atoms with Crippen LogP contribution in [0.5, 0.6) is 0 Å². The number of aromatic nitrogens is 1. The molecule has 1 aromatic heterocycles. The van der Waals surface area contributed by atoms with E-state index in [1.165, 1.54) is 11.0 Å². The molecule has 1 atom stereocenters. The topological polar surface area (TPSA) is 102 Å². The summed E-state index contributed by atoms with van der Waals surface area (Å²) in [5, 5.41) is 3.46. The molecule has 7 heteroatoms. The molecule has 0 aliphatic carbocycles. The summed E-state index contributed by atoms with van der Waals surface area (Å²) in [5.74, 6) is 0.443. The van der Waals surface area contributed by atoms with Gasteiger partial charge in [-0.15, -0.1) is 0 Å². The molecular weight excluding hydrogens is 222 g/mol. The zero-order valence-corrected chi connectivity index (χ0v) is 9.04. The van der Waals surface area contributed by atoms with E-state index in [9.17, 15) is 9.59 Å². The van der Waals surface area contributed by atoms with Crippen LogP contribution in [-0.2, 0) is 4.79 Å². The Balaban J connectivity index is 2.15. The lowest BCUT2D eigenvalue weighted by Crippen LogP contribution is -2.27. The van der Waals surface area contributed by atoms with Crippen LogP contribution in [0.4, 0.5) is 5.82 Å². The number of hydrogen-bond donors (Lipinski definition) is 1. The molecular formula is C10H11N5O2. The number of nitrogens with one attached hydrogen (secondary N) is 1. The van der Waals surface area contributed by atoms with Crippen molar-refractivity contribution in [3.8, 4) is 0 Å². The molecule has 0 saturated carbocycles. The van der Waals surface area contributed by atoms with E-state index in [1.54, 1.807) is 12.1 Å². The van der Waals surface area contributed by atoms with Gasteiger partial charge in [-0.25, -0.2) is 0 Å². The van der Waals surface area contributed by atoms with Gasteiger partial charge in [0.25, 0.3) is 0 Å². The third-order valence-corrected chi connectivity index (χ3v) is 2.65. The number of H-pyrrole nitrogens is 1. The summed E-state index contributed by atoms with van der Waals surface area (Å²) in [7, 11) is 0. The Hall–Kier alpha value is -2.27. The summed E-state index contributed by atoms with van der Waals surface area (Å²) in [5.41, 5.74) is 7.98. The van der Waals surface area contributed by atoms with Gasteiger partial charge >= 0.3 is 0 Å². The van der Waals surface area contributed by atoms with Gasteiger partial charge in [0.05, 0.1) is 0 Å². The number of pyridine rings is 1. The number of carbonyl (C=O) groups is 1. The van der Waals surface area contributed by atoms with Gasteiger partial charge in [0.2, 0.25) is 11.5 Å². The zero-order valence-electron chi connectivity index (χ0n) is 9.04. The Bertz CT molecular complexity index is 531. The molecule has 1 aliphatic heterocycles. The van der Waals surface area contributed by atoms with Crippen molar-refractivity contribution in [2.24, 2.45) is 11.0 Å². The van der Waals surface area contributed by atoms with Crippen molar-refractivity contribution in [1.82, 2.24) is 4.98 Å². The molecule has 17 heavy (non-hydrogen) atoms. The second kappa shape index (κ2) is 4.71. The first-order chi connectivity index (χ1) is 8.20. The fourth-order valence-corrected chi connectivity index (χ4v) is 1.88. The van der Waals surface area contributed by atoms with Gasteiger partial charge in [0.15, 0.2) is 0 Å². The van der Waals surface area contributed by atoms with Gasteiger partial charge in [-0.3, -0.25) is 14.5 Å². The van der Waals surface area contributed by atoms with Crippen LogP contribution in [0.3, 0.4) is 0 Å². The van der Waals surface area contributed by atoms with E-state index in [-0.39, 0.29) is 17.4 Å². The SMILES string of the molecule is [N-]=[N+]=NCC1CC(=O)N(c2cccc(=O)[nH]2)C1. The van der Waals surface area contributed by atoms with Crippen molar-refractivity contribution in [2.75, 3.05) is 18.0 Å². The van der Waals surface area contributed by atoms with Crippen LogP contribution in [0.2, 0.25) is 0 Å². The van der Waals surface area contributed by atoms with E-state index in [1.807, 2.05) is 0 Å². The van der Waals surface area contributed by atoms with Crippen molar-refractivity contribution in [2.45, 2.75) is 6.42 Å². The number of amides is 1. The lowest BCUT2D eigenvalue weighted by atomic mass is 10.1. The second-order valence-electron chi connectivity index (χ2n) is 3.89. The number of aromatic amines is 1. The molecule has 1 fully saturated rings. The fraction of sp³-hybridized carbons (Fsp3) is 0.400. The predicted molar refractivity (Wildman–Crippen MR) is 61.5 cm³/mol. The minimum atomic E-state index is -0.242. The molecule has 1 saturated heterocycles. The smallest absolute Gasteiger partial charge is 0.249 e. The molecule has 1 N–H and O–H groups in total. The van der Waals surface area contributed by atoms with E-state index in [2.05, 4.69) is 15.0 Å². The van der Waals surface area contributed by atoms with Crippen LogP contribution in [0, 0.1) is 5.92 Å². The number of nitrogens with zero attached hydrogens (tertiary/aromatic N) is 4. The molecule has 0 aromatic carbocycles. The van der Waals surface area contributed by atoms with E-state index >= 15 is 0 Å². The number of rotatable bonds is 3. The summed E-state index contributed by atoms with van der Waals surface area (Å²) in [6.07, 6.45) is 0.343. The third-order valence-electron chi connectivity index (χ3n) is 2.65. The maximum atomic E-state index is 11.7. The van der Waals surface area contributed by atoms with Crippen LogP contribution in [0.1, 0.15) is 6.42 Å². The van der Waals surface area contributed by atoms with Crippen molar-refractivity contribution in [3.63, 3.8) is 0 Å². The van der Waals surface area contributed by atoms with Crippen LogP contribution < -0.4 is 10.5 Å². The Kier molecular flexibility index (Phi) is 3.11. The van der Waals surface area contributed by atoms with Gasteiger partial charge in [0, 0.05) is 30.5 Å². The van der Waals surface area contributed by atoms with Crippen molar-refractivity contribution in [3.05, 3.63) is 39.0 Å². The molecule has 0 radical (unpaired) electrons. The Labute approximate surface area is 96.7 Å². The molecule has 88 valence electrons. The third kappa shape index (κ3) is 2.46. The first-order valence-corrected chi connectivity index (χ1v) is 5.21. The monoisotopic (exact) mass is 233 g/mol. The minimum Gasteiger partial charge on any atom is -0.308 e. The molecule has 1 aliphatic rings. The molecule has 1 amide bonds. The zero-order chi connectivity index (χ0) is 12.3. The highest BCUT2D eigenvalue weighted by atomic mass is 16.2. The molecule has 1 unspecified atom stereocenters. The van der Waals surface area contributed by atoms with E-state index < -0.39 is 0 Å². The molecule has 7 nitrogen and oxygen atoms in total. The summed E-state index contributed by atoms with van der Waals surface area (Å²) in [6, 6.07) is 4.67. The quantitative estimate of drug-likeness (QED) is 0.479. The summed E-state index contributed by atoms with van der Waals surface area (Å²) < 4.78 is 0. The average molecular weight is 233 g/mol. The van der Waals surface area contributed by atoms with Gasteiger partial charge in [-0.05, 0) is 17.5 Å². The standard InChI is InChI=1S/C10H11N5O2/c11-14-12-5-7-4-10(17)15(6-7)8-2-1-3-9(16)13-8/h1-3,7H,4-6H2,(H,13,16). The summed E-state index contributed by atoms with van der Waals surface area (Å²) in [6.45, 7) is 0.771. The predicted octanol–water partition coefficient (Wildman–Crippen LogP) is 1.04. The van der Waals surface area contributed by atoms with Crippen molar-refractivity contribution >= 4 is 11.7 Å². The normalized spacial score (nSPS) is 19.2. The van der Waals surface area contributed by atoms with Gasteiger partial charge in [-0.2, -0.15) is 0 Å². The average Bonchev–Trinajstić information content (AvgIpc) is 2.68. The lowest BCUT2D eigenvalue weighted by Gasteiger charge is -2.15. The Morgan fingerprint density at radius 1 is 1.53 bits per heavy atom. The Morgan fingerprint density at radius 2 is 2.35 bits per heavy atom. The van der Waals surface area contributed by atoms with Crippen molar-refractivity contribution in [1.29, 1.82) is 0 Å². The summed E-state index contributed by atoms with van der Waals surface area (Å²) >= 11 is 0. The van der Waals surface area contributed by atoms with Gasteiger partial charge in [0.1, 0.15) is 5.82 Å². The molecule has 1 aromatic rings. The largest absolute Gasteiger partial charge is 0.308 e. The van der Waals surface area contributed by atoms with Crippen LogP contribution in [-0.4, -0.2) is 24.0 Å². The van der Waals surface area contributed by atoms with E-state index in [4.69, 9.17) is 5.53 Å². The minimum absolute atomic E-state index is 0.0158. The highest BCUT2D eigenvalue weighted by molar-refractivity contribution is 5.94. The molecule has 0 bridgehead atoms. The van der Waals surface area contributed by atoms with Crippen LogP contribution >= 0.6 is 0 Å². The highest BCUT2D eigenvalue weighted by Gasteiger charge is 2.30. The maximum absolute atomic E-state index is 11.7. The second-order valence-corrected chi connectivity index (χ2v) is 3.89. The molecule has 2 heterocycles. The number of carbonyl (C=O) groups excluding carboxylic acids is 1. The van der Waals surface area contributed by atoms with Gasteiger partial charge in [-0.1, -0.05) is 11.2 Å². The number of anilines is 1.